The molecule has 2 nitrogen and oxygen atoms in total. The molecule has 0 aromatic carbocycles. The minimum atomic E-state index is 0.190. The zero-order chi connectivity index (χ0) is 9.03. The fourth-order valence-electron chi connectivity index (χ4n) is 2.24. The van der Waals surface area contributed by atoms with E-state index in [2.05, 4.69) is 6.92 Å². The Morgan fingerprint density at radius 3 is 2.42 bits per heavy atom. The van der Waals surface area contributed by atoms with Gasteiger partial charge in [-0.1, -0.05) is 12.8 Å². The molecule has 1 saturated carbocycles. The average molecular weight is 172 g/mol. The summed E-state index contributed by atoms with van der Waals surface area (Å²) >= 11 is 0. The van der Waals surface area contributed by atoms with Gasteiger partial charge in [0.1, 0.15) is 0 Å². The minimum Gasteiger partial charge on any atom is -0.396 e. The molecule has 0 bridgehead atoms. The van der Waals surface area contributed by atoms with E-state index in [-0.39, 0.29) is 11.5 Å². The molecule has 1 aliphatic rings. The number of ether oxygens (including phenoxy) is 1. The predicted octanol–water partition coefficient (Wildman–Crippen LogP) is 1.96. The summed E-state index contributed by atoms with van der Waals surface area (Å²) in [5.74, 6) is 0. The van der Waals surface area contributed by atoms with Gasteiger partial charge in [0, 0.05) is 13.7 Å². The van der Waals surface area contributed by atoms with Crippen molar-refractivity contribution in [1.82, 2.24) is 0 Å². The van der Waals surface area contributed by atoms with Crippen molar-refractivity contribution in [1.29, 1.82) is 0 Å². The summed E-state index contributed by atoms with van der Waals surface area (Å²) in [5.41, 5.74) is 0.190. The van der Waals surface area contributed by atoms with Gasteiger partial charge >= 0.3 is 0 Å². The molecule has 0 aliphatic heterocycles. The third-order valence-corrected chi connectivity index (χ3v) is 3.12. The van der Waals surface area contributed by atoms with Gasteiger partial charge in [-0.2, -0.15) is 0 Å². The molecular formula is C10H20O2. The average Bonchev–Trinajstić information content (AvgIpc) is 2.54. The van der Waals surface area contributed by atoms with Crippen LogP contribution >= 0.6 is 0 Å². The summed E-state index contributed by atoms with van der Waals surface area (Å²) in [4.78, 5) is 0. The summed E-state index contributed by atoms with van der Waals surface area (Å²) in [6.45, 7) is 2.41. The minimum absolute atomic E-state index is 0.190. The van der Waals surface area contributed by atoms with E-state index in [9.17, 15) is 5.11 Å². The molecular weight excluding hydrogens is 152 g/mol. The lowest BCUT2D eigenvalue weighted by Crippen LogP contribution is -2.27. The van der Waals surface area contributed by atoms with Gasteiger partial charge in [-0.3, -0.25) is 0 Å². The van der Waals surface area contributed by atoms with E-state index >= 15 is 0 Å². The van der Waals surface area contributed by atoms with Crippen molar-refractivity contribution in [3.8, 4) is 0 Å². The van der Waals surface area contributed by atoms with E-state index in [1.807, 2.05) is 0 Å². The van der Waals surface area contributed by atoms with Crippen LogP contribution in [0.15, 0.2) is 0 Å². The second-order valence-corrected chi connectivity index (χ2v) is 4.12. The molecule has 0 saturated heterocycles. The Bertz CT molecular complexity index is 128. The molecule has 1 unspecified atom stereocenters. The number of rotatable bonds is 4. The first kappa shape index (κ1) is 10.0. The highest BCUT2D eigenvalue weighted by atomic mass is 16.5. The predicted molar refractivity (Wildman–Crippen MR) is 49.1 cm³/mol. The van der Waals surface area contributed by atoms with E-state index in [0.29, 0.717) is 6.61 Å². The summed E-state index contributed by atoms with van der Waals surface area (Å²) in [7, 11) is 1.74. The molecule has 0 amide bonds. The van der Waals surface area contributed by atoms with Crippen LogP contribution in [0.5, 0.6) is 0 Å². The maximum absolute atomic E-state index is 9.31. The van der Waals surface area contributed by atoms with Crippen LogP contribution in [0, 0.1) is 5.41 Å². The van der Waals surface area contributed by atoms with Crippen molar-refractivity contribution in [3.05, 3.63) is 0 Å². The smallest absolute Gasteiger partial charge is 0.0549 e. The highest BCUT2D eigenvalue weighted by molar-refractivity contribution is 4.85. The molecule has 1 rings (SSSR count). The summed E-state index contributed by atoms with van der Waals surface area (Å²) in [6.07, 6.45) is 6.21. The summed E-state index contributed by atoms with van der Waals surface area (Å²) in [6, 6.07) is 0. The molecule has 1 fully saturated rings. The fraction of sp³-hybridized carbons (Fsp3) is 1.00. The topological polar surface area (TPSA) is 29.5 Å². The second-order valence-electron chi connectivity index (χ2n) is 4.12. The van der Waals surface area contributed by atoms with Gasteiger partial charge in [0.05, 0.1) is 6.10 Å². The maximum atomic E-state index is 9.31. The lowest BCUT2D eigenvalue weighted by Gasteiger charge is -2.28. The Morgan fingerprint density at radius 2 is 2.00 bits per heavy atom. The highest BCUT2D eigenvalue weighted by Crippen LogP contribution is 2.41. The molecule has 0 spiro atoms. The molecule has 1 aliphatic carbocycles. The van der Waals surface area contributed by atoms with Crippen LogP contribution in [-0.2, 0) is 4.74 Å². The van der Waals surface area contributed by atoms with Crippen LogP contribution < -0.4 is 0 Å². The lowest BCUT2D eigenvalue weighted by molar-refractivity contribution is 0.0351. The Kier molecular flexibility index (Phi) is 3.53. The highest BCUT2D eigenvalue weighted by Gasteiger charge is 2.34. The van der Waals surface area contributed by atoms with Crippen LogP contribution in [0.3, 0.4) is 0 Å². The van der Waals surface area contributed by atoms with E-state index in [0.717, 1.165) is 6.42 Å². The van der Waals surface area contributed by atoms with Crippen LogP contribution in [0.4, 0.5) is 0 Å². The standard InChI is InChI=1S/C10H20O2/c1-9(12-2)7-10(8-11)5-3-4-6-10/h9,11H,3-8H2,1-2H3. The van der Waals surface area contributed by atoms with Gasteiger partial charge in [-0.15, -0.1) is 0 Å². The van der Waals surface area contributed by atoms with Gasteiger partial charge in [0.2, 0.25) is 0 Å². The van der Waals surface area contributed by atoms with Gasteiger partial charge in [0.15, 0.2) is 0 Å². The molecule has 12 heavy (non-hydrogen) atoms. The third-order valence-electron chi connectivity index (χ3n) is 3.12. The molecule has 0 heterocycles. The molecule has 1 atom stereocenters. The first-order valence-corrected chi connectivity index (χ1v) is 4.86. The van der Waals surface area contributed by atoms with Crippen LogP contribution in [0.1, 0.15) is 39.0 Å². The van der Waals surface area contributed by atoms with E-state index in [4.69, 9.17) is 4.74 Å². The number of aliphatic hydroxyl groups is 1. The molecule has 0 aromatic heterocycles. The van der Waals surface area contributed by atoms with E-state index < -0.39 is 0 Å². The Hall–Kier alpha value is -0.0800. The quantitative estimate of drug-likeness (QED) is 0.702. The maximum Gasteiger partial charge on any atom is 0.0549 e. The van der Waals surface area contributed by atoms with Crippen LogP contribution in [0.25, 0.3) is 0 Å². The zero-order valence-corrected chi connectivity index (χ0v) is 8.18. The van der Waals surface area contributed by atoms with Crippen molar-refractivity contribution in [2.24, 2.45) is 5.41 Å². The SMILES string of the molecule is COC(C)CC1(CO)CCCC1. The van der Waals surface area contributed by atoms with E-state index in [1.54, 1.807) is 7.11 Å². The monoisotopic (exact) mass is 172 g/mol. The van der Waals surface area contributed by atoms with Crippen molar-refractivity contribution in [3.63, 3.8) is 0 Å². The van der Waals surface area contributed by atoms with Crippen LogP contribution in [-0.4, -0.2) is 24.9 Å². The van der Waals surface area contributed by atoms with Crippen molar-refractivity contribution in [2.75, 3.05) is 13.7 Å². The van der Waals surface area contributed by atoms with Crippen molar-refractivity contribution >= 4 is 0 Å². The molecule has 1 N–H and O–H groups in total. The Morgan fingerprint density at radius 1 is 1.42 bits per heavy atom. The molecule has 0 aromatic rings. The molecule has 2 heteroatoms. The Balaban J connectivity index is 2.43. The summed E-state index contributed by atoms with van der Waals surface area (Å²) < 4.78 is 5.23. The lowest BCUT2D eigenvalue weighted by atomic mass is 9.82. The number of hydrogen-bond acceptors (Lipinski definition) is 2. The fourth-order valence-corrected chi connectivity index (χ4v) is 2.24. The van der Waals surface area contributed by atoms with Gasteiger partial charge in [-0.05, 0) is 31.6 Å². The normalized spacial score (nSPS) is 24.2. The number of methoxy groups -OCH3 is 1. The van der Waals surface area contributed by atoms with Crippen molar-refractivity contribution < 1.29 is 9.84 Å². The summed E-state index contributed by atoms with van der Waals surface area (Å²) in [5, 5.41) is 9.31. The largest absolute Gasteiger partial charge is 0.396 e. The van der Waals surface area contributed by atoms with Gasteiger partial charge < -0.3 is 9.84 Å². The third kappa shape index (κ3) is 2.20. The molecule has 72 valence electrons. The second kappa shape index (κ2) is 4.24. The Labute approximate surface area is 74.9 Å². The number of aliphatic hydroxyl groups excluding tert-OH is 1. The zero-order valence-electron chi connectivity index (χ0n) is 8.18. The molecule has 0 radical (unpaired) electrons. The first-order chi connectivity index (χ1) is 5.72. The van der Waals surface area contributed by atoms with Crippen LogP contribution in [0.2, 0.25) is 0 Å². The van der Waals surface area contributed by atoms with Gasteiger partial charge in [0.25, 0.3) is 0 Å². The van der Waals surface area contributed by atoms with Gasteiger partial charge in [-0.25, -0.2) is 0 Å². The first-order valence-electron chi connectivity index (χ1n) is 4.86. The van der Waals surface area contributed by atoms with E-state index in [1.165, 1.54) is 25.7 Å². The number of hydrogen-bond donors (Lipinski definition) is 1. The van der Waals surface area contributed by atoms with Crippen molar-refractivity contribution in [2.45, 2.75) is 45.1 Å².